The van der Waals surface area contributed by atoms with Gasteiger partial charge in [0.2, 0.25) is 0 Å². The highest BCUT2D eigenvalue weighted by Crippen LogP contribution is 2.21. The molecule has 19 heavy (non-hydrogen) atoms. The second-order valence-electron chi connectivity index (χ2n) is 4.24. The Balaban J connectivity index is 2.81. The first-order chi connectivity index (χ1) is 8.95. The maximum atomic E-state index is 11.8. The van der Waals surface area contributed by atoms with Gasteiger partial charge in [-0.3, -0.25) is 0 Å². The minimum atomic E-state index is -1.21. The highest BCUT2D eigenvalue weighted by molar-refractivity contribution is 6.00. The zero-order valence-electron chi connectivity index (χ0n) is 11.0. The van der Waals surface area contributed by atoms with E-state index < -0.39 is 5.97 Å². The Morgan fingerprint density at radius 2 is 2.05 bits per heavy atom. The molecule has 0 aliphatic rings. The number of hydrogen-bond donors (Lipinski definition) is 3. The molecule has 0 radical (unpaired) electrons. The largest absolute Gasteiger partial charge is 0.508 e. The van der Waals surface area contributed by atoms with E-state index in [0.717, 1.165) is 18.9 Å². The van der Waals surface area contributed by atoms with Gasteiger partial charge in [0, 0.05) is 13.6 Å². The van der Waals surface area contributed by atoms with Crippen molar-refractivity contribution < 1.29 is 19.8 Å². The monoisotopic (exact) mass is 266 g/mol. The Morgan fingerprint density at radius 3 is 2.63 bits per heavy atom. The Bertz CT molecular complexity index is 474. The summed E-state index contributed by atoms with van der Waals surface area (Å²) in [5, 5.41) is 20.8. The summed E-state index contributed by atoms with van der Waals surface area (Å²) < 4.78 is 0. The molecule has 1 rings (SSSR count). The van der Waals surface area contributed by atoms with E-state index in [9.17, 15) is 14.7 Å². The van der Waals surface area contributed by atoms with Crippen LogP contribution in [0.2, 0.25) is 0 Å². The number of carboxylic acids is 1. The molecule has 0 spiro atoms. The molecule has 6 nitrogen and oxygen atoms in total. The van der Waals surface area contributed by atoms with Crippen molar-refractivity contribution >= 4 is 17.7 Å². The third-order valence-electron chi connectivity index (χ3n) is 2.67. The minimum Gasteiger partial charge on any atom is -0.508 e. The Labute approximate surface area is 111 Å². The van der Waals surface area contributed by atoms with Crippen LogP contribution < -0.4 is 5.32 Å². The van der Waals surface area contributed by atoms with Crippen LogP contribution in [0.15, 0.2) is 18.2 Å². The van der Waals surface area contributed by atoms with Crippen molar-refractivity contribution in [2.24, 2.45) is 0 Å². The highest BCUT2D eigenvalue weighted by atomic mass is 16.4. The number of phenolic OH excluding ortho intramolecular Hbond substituents is 1. The van der Waals surface area contributed by atoms with Crippen LogP contribution in [0.4, 0.5) is 10.5 Å². The lowest BCUT2D eigenvalue weighted by Crippen LogP contribution is -2.32. The van der Waals surface area contributed by atoms with Gasteiger partial charge in [0.05, 0.1) is 11.3 Å². The average Bonchev–Trinajstić information content (AvgIpc) is 2.37. The van der Waals surface area contributed by atoms with Crippen LogP contribution in [0.1, 0.15) is 30.1 Å². The smallest absolute Gasteiger partial charge is 0.337 e. The molecule has 0 bridgehead atoms. The molecule has 0 fully saturated rings. The first-order valence-electron chi connectivity index (χ1n) is 6.04. The van der Waals surface area contributed by atoms with E-state index in [-0.39, 0.29) is 23.0 Å². The van der Waals surface area contributed by atoms with Gasteiger partial charge in [-0.2, -0.15) is 0 Å². The molecule has 0 aliphatic carbocycles. The quantitative estimate of drug-likeness (QED) is 0.713. The van der Waals surface area contributed by atoms with Gasteiger partial charge in [-0.15, -0.1) is 0 Å². The Morgan fingerprint density at radius 1 is 1.37 bits per heavy atom. The predicted octanol–water partition coefficient (Wildman–Crippen LogP) is 2.35. The van der Waals surface area contributed by atoms with Crippen molar-refractivity contribution in [1.29, 1.82) is 0 Å². The maximum absolute atomic E-state index is 11.8. The lowest BCUT2D eigenvalue weighted by molar-refractivity contribution is 0.0697. The van der Waals surface area contributed by atoms with E-state index in [1.807, 2.05) is 6.92 Å². The third kappa shape index (κ3) is 4.17. The number of phenols is 1. The number of hydrogen-bond acceptors (Lipinski definition) is 3. The number of rotatable bonds is 5. The van der Waals surface area contributed by atoms with Gasteiger partial charge in [-0.25, -0.2) is 9.59 Å². The number of benzene rings is 1. The summed E-state index contributed by atoms with van der Waals surface area (Å²) in [6, 6.07) is 3.42. The number of nitrogens with one attached hydrogen (secondary N) is 1. The van der Waals surface area contributed by atoms with Crippen molar-refractivity contribution in [3.8, 4) is 5.75 Å². The van der Waals surface area contributed by atoms with E-state index >= 15 is 0 Å². The van der Waals surface area contributed by atoms with Gasteiger partial charge in [-0.05, 0) is 24.6 Å². The van der Waals surface area contributed by atoms with Crippen molar-refractivity contribution in [2.45, 2.75) is 19.8 Å². The molecule has 0 unspecified atom stereocenters. The van der Waals surface area contributed by atoms with Crippen molar-refractivity contribution in [2.75, 3.05) is 18.9 Å². The molecular weight excluding hydrogens is 248 g/mol. The maximum Gasteiger partial charge on any atom is 0.337 e. The van der Waals surface area contributed by atoms with Gasteiger partial charge in [0.1, 0.15) is 5.75 Å². The molecule has 0 saturated carbocycles. The zero-order chi connectivity index (χ0) is 14.4. The summed E-state index contributed by atoms with van der Waals surface area (Å²) in [7, 11) is 1.64. The molecule has 2 amide bonds. The van der Waals surface area contributed by atoms with Gasteiger partial charge >= 0.3 is 12.0 Å². The number of carbonyl (C=O) groups excluding carboxylic acids is 1. The standard InChI is InChI=1S/C13H18N2O4/c1-3-4-7-15(2)13(19)14-11-6-5-9(16)8-10(11)12(17)18/h5-6,8,16H,3-4,7H2,1-2H3,(H,14,19)(H,17,18). The molecule has 3 N–H and O–H groups in total. The van der Waals surface area contributed by atoms with Crippen molar-refractivity contribution in [3.63, 3.8) is 0 Å². The molecular formula is C13H18N2O4. The van der Waals surface area contributed by atoms with Gasteiger partial charge in [-0.1, -0.05) is 13.3 Å². The second-order valence-corrected chi connectivity index (χ2v) is 4.24. The highest BCUT2D eigenvalue weighted by Gasteiger charge is 2.15. The van der Waals surface area contributed by atoms with Gasteiger partial charge in [0.15, 0.2) is 0 Å². The SMILES string of the molecule is CCCCN(C)C(=O)Nc1ccc(O)cc1C(=O)O. The number of urea groups is 1. The van der Waals surface area contributed by atoms with Crippen LogP contribution in [0, 0.1) is 0 Å². The number of aromatic carboxylic acids is 1. The number of carbonyl (C=O) groups is 2. The summed E-state index contributed by atoms with van der Waals surface area (Å²) in [6.45, 7) is 2.62. The number of amides is 2. The van der Waals surface area contributed by atoms with Crippen LogP contribution in [0.5, 0.6) is 5.75 Å². The summed E-state index contributed by atoms with van der Waals surface area (Å²) in [6.07, 6.45) is 1.85. The number of unbranched alkanes of at least 4 members (excludes halogenated alkanes) is 1. The molecule has 0 atom stereocenters. The summed E-state index contributed by atoms with van der Waals surface area (Å²) >= 11 is 0. The molecule has 0 aliphatic heterocycles. The van der Waals surface area contributed by atoms with Gasteiger partial charge < -0.3 is 20.4 Å². The molecule has 0 heterocycles. The zero-order valence-corrected chi connectivity index (χ0v) is 11.0. The Hall–Kier alpha value is -2.24. The minimum absolute atomic E-state index is 0.141. The summed E-state index contributed by atoms with van der Waals surface area (Å²) in [4.78, 5) is 24.3. The molecule has 1 aromatic carbocycles. The van der Waals surface area contributed by atoms with E-state index in [4.69, 9.17) is 5.11 Å². The van der Waals surface area contributed by atoms with Crippen LogP contribution >= 0.6 is 0 Å². The van der Waals surface area contributed by atoms with E-state index in [2.05, 4.69) is 5.32 Å². The van der Waals surface area contributed by atoms with Crippen LogP contribution in [-0.4, -0.2) is 40.7 Å². The number of aromatic hydroxyl groups is 1. The molecule has 0 saturated heterocycles. The fourth-order valence-electron chi connectivity index (χ4n) is 1.53. The topological polar surface area (TPSA) is 89.9 Å². The molecule has 0 aromatic heterocycles. The normalized spacial score (nSPS) is 10.0. The third-order valence-corrected chi connectivity index (χ3v) is 2.67. The predicted molar refractivity (Wildman–Crippen MR) is 71.6 cm³/mol. The average molecular weight is 266 g/mol. The van der Waals surface area contributed by atoms with E-state index in [0.29, 0.717) is 6.54 Å². The lowest BCUT2D eigenvalue weighted by atomic mass is 10.1. The number of carboxylic acid groups (broad SMARTS) is 1. The van der Waals surface area contributed by atoms with Crippen LogP contribution in [0.3, 0.4) is 0 Å². The summed E-state index contributed by atoms with van der Waals surface area (Å²) in [5.41, 5.74) is 0.0240. The van der Waals surface area contributed by atoms with E-state index in [1.165, 1.54) is 17.0 Å². The molecule has 6 heteroatoms. The van der Waals surface area contributed by atoms with E-state index in [1.54, 1.807) is 7.05 Å². The van der Waals surface area contributed by atoms with Crippen molar-refractivity contribution in [1.82, 2.24) is 4.90 Å². The van der Waals surface area contributed by atoms with Crippen LogP contribution in [-0.2, 0) is 0 Å². The molecule has 104 valence electrons. The summed E-state index contributed by atoms with van der Waals surface area (Å²) in [5.74, 6) is -1.36. The first kappa shape index (κ1) is 14.8. The second kappa shape index (κ2) is 6.63. The number of anilines is 1. The van der Waals surface area contributed by atoms with Crippen LogP contribution in [0.25, 0.3) is 0 Å². The first-order valence-corrected chi connectivity index (χ1v) is 6.04. The fourth-order valence-corrected chi connectivity index (χ4v) is 1.53. The Kier molecular flexibility index (Phi) is 5.17. The fraction of sp³-hybridized carbons (Fsp3) is 0.385. The molecule has 1 aromatic rings. The van der Waals surface area contributed by atoms with Gasteiger partial charge in [0.25, 0.3) is 0 Å². The van der Waals surface area contributed by atoms with Crippen molar-refractivity contribution in [3.05, 3.63) is 23.8 Å². The lowest BCUT2D eigenvalue weighted by Gasteiger charge is -2.18. The number of nitrogens with zero attached hydrogens (tertiary/aromatic N) is 1.